The van der Waals surface area contributed by atoms with Crippen LogP contribution in [0.2, 0.25) is 0 Å². The molecule has 0 saturated carbocycles. The van der Waals surface area contributed by atoms with Gasteiger partial charge in [-0.2, -0.15) is 5.26 Å². The molecular formula is C8H10N2O. The molecule has 0 unspecified atom stereocenters. The van der Waals surface area contributed by atoms with Gasteiger partial charge in [0.25, 0.3) is 0 Å². The van der Waals surface area contributed by atoms with E-state index >= 15 is 0 Å². The Kier molecular flexibility index (Phi) is 1.69. The van der Waals surface area contributed by atoms with Crippen LogP contribution in [-0.4, -0.2) is 5.16 Å². The van der Waals surface area contributed by atoms with Crippen molar-refractivity contribution in [2.24, 2.45) is 0 Å². The van der Waals surface area contributed by atoms with Crippen molar-refractivity contribution in [1.82, 2.24) is 5.16 Å². The first-order valence-electron chi connectivity index (χ1n) is 3.41. The Morgan fingerprint density at radius 2 is 2.18 bits per heavy atom. The zero-order chi connectivity index (χ0) is 8.48. The van der Waals surface area contributed by atoms with Gasteiger partial charge in [-0.25, -0.2) is 0 Å². The number of hydrogen-bond acceptors (Lipinski definition) is 3. The van der Waals surface area contributed by atoms with E-state index in [-0.39, 0.29) is 5.41 Å². The SMILES string of the molecule is CC(C)(C)c1cnoc1C#N. The van der Waals surface area contributed by atoms with E-state index in [4.69, 9.17) is 9.78 Å². The van der Waals surface area contributed by atoms with E-state index in [1.165, 1.54) is 0 Å². The van der Waals surface area contributed by atoms with Crippen molar-refractivity contribution in [3.8, 4) is 6.07 Å². The largest absolute Gasteiger partial charge is 0.345 e. The lowest BCUT2D eigenvalue weighted by Gasteiger charge is -2.14. The van der Waals surface area contributed by atoms with Gasteiger partial charge in [0.1, 0.15) is 6.07 Å². The molecule has 0 aliphatic rings. The number of nitrogens with zero attached hydrogens (tertiary/aromatic N) is 2. The molecule has 1 aromatic rings. The number of rotatable bonds is 0. The fourth-order valence-electron chi connectivity index (χ4n) is 0.854. The third-order valence-electron chi connectivity index (χ3n) is 1.48. The normalized spacial score (nSPS) is 11.1. The van der Waals surface area contributed by atoms with Crippen LogP contribution in [0.25, 0.3) is 0 Å². The molecule has 0 N–H and O–H groups in total. The maximum atomic E-state index is 8.59. The van der Waals surface area contributed by atoms with Crippen molar-refractivity contribution in [2.45, 2.75) is 26.2 Å². The average Bonchev–Trinajstić information content (AvgIpc) is 2.31. The van der Waals surface area contributed by atoms with E-state index < -0.39 is 0 Å². The second-order valence-corrected chi connectivity index (χ2v) is 3.43. The molecule has 0 aromatic carbocycles. The maximum absolute atomic E-state index is 8.59. The molecule has 0 aliphatic carbocycles. The molecule has 58 valence electrons. The summed E-state index contributed by atoms with van der Waals surface area (Å²) in [7, 11) is 0. The first kappa shape index (κ1) is 7.80. The number of nitriles is 1. The minimum Gasteiger partial charge on any atom is -0.345 e. The van der Waals surface area contributed by atoms with Gasteiger partial charge >= 0.3 is 0 Å². The standard InChI is InChI=1S/C8H10N2O/c1-8(2,3)6-5-10-11-7(6)4-9/h5H,1-3H3. The predicted octanol–water partition coefficient (Wildman–Crippen LogP) is 1.84. The molecule has 1 aromatic heterocycles. The lowest BCUT2D eigenvalue weighted by atomic mass is 9.88. The molecule has 3 nitrogen and oxygen atoms in total. The first-order chi connectivity index (χ1) is 5.05. The number of aromatic nitrogens is 1. The van der Waals surface area contributed by atoms with E-state index in [9.17, 15) is 0 Å². The van der Waals surface area contributed by atoms with E-state index in [2.05, 4.69) is 5.16 Å². The van der Waals surface area contributed by atoms with Crippen molar-refractivity contribution in [3.63, 3.8) is 0 Å². The molecule has 0 aliphatic heterocycles. The monoisotopic (exact) mass is 150 g/mol. The Balaban J connectivity index is 3.15. The quantitative estimate of drug-likeness (QED) is 0.567. The van der Waals surface area contributed by atoms with E-state index in [1.54, 1.807) is 6.20 Å². The highest BCUT2D eigenvalue weighted by Crippen LogP contribution is 2.24. The van der Waals surface area contributed by atoms with Crippen molar-refractivity contribution < 1.29 is 4.52 Å². The molecule has 1 heterocycles. The highest BCUT2D eigenvalue weighted by Gasteiger charge is 2.21. The first-order valence-corrected chi connectivity index (χ1v) is 3.41. The van der Waals surface area contributed by atoms with Gasteiger partial charge in [-0.3, -0.25) is 0 Å². The van der Waals surface area contributed by atoms with Gasteiger partial charge in [-0.05, 0) is 5.41 Å². The Morgan fingerprint density at radius 1 is 1.55 bits per heavy atom. The van der Waals surface area contributed by atoms with Gasteiger partial charge in [-0.15, -0.1) is 0 Å². The molecule has 0 spiro atoms. The van der Waals surface area contributed by atoms with E-state index in [1.807, 2.05) is 26.8 Å². The Hall–Kier alpha value is -1.30. The highest BCUT2D eigenvalue weighted by atomic mass is 16.5. The molecular weight excluding hydrogens is 140 g/mol. The van der Waals surface area contributed by atoms with Gasteiger partial charge in [0.2, 0.25) is 5.76 Å². The van der Waals surface area contributed by atoms with Crippen LogP contribution in [0.4, 0.5) is 0 Å². The maximum Gasteiger partial charge on any atom is 0.239 e. The summed E-state index contributed by atoms with van der Waals surface area (Å²) in [6, 6.07) is 1.95. The van der Waals surface area contributed by atoms with Crippen LogP contribution in [0.5, 0.6) is 0 Å². The summed E-state index contributed by atoms with van der Waals surface area (Å²) in [5.41, 5.74) is 0.797. The molecule has 0 amide bonds. The highest BCUT2D eigenvalue weighted by molar-refractivity contribution is 5.31. The van der Waals surface area contributed by atoms with Gasteiger partial charge in [-0.1, -0.05) is 25.9 Å². The summed E-state index contributed by atoms with van der Waals surface area (Å²) in [5.74, 6) is 0.317. The predicted molar refractivity (Wildman–Crippen MR) is 39.9 cm³/mol. The summed E-state index contributed by atoms with van der Waals surface area (Å²) >= 11 is 0. The van der Waals surface area contributed by atoms with E-state index in [0.717, 1.165) is 5.56 Å². The third kappa shape index (κ3) is 1.40. The lowest BCUT2D eigenvalue weighted by Crippen LogP contribution is -2.11. The Labute approximate surface area is 65.6 Å². The molecule has 0 atom stereocenters. The second kappa shape index (κ2) is 2.39. The fraction of sp³-hybridized carbons (Fsp3) is 0.500. The smallest absolute Gasteiger partial charge is 0.239 e. The molecule has 0 fully saturated rings. The van der Waals surface area contributed by atoms with Crippen LogP contribution < -0.4 is 0 Å². The minimum absolute atomic E-state index is 0.0644. The Morgan fingerprint density at radius 3 is 2.55 bits per heavy atom. The summed E-state index contributed by atoms with van der Waals surface area (Å²) < 4.78 is 4.73. The summed E-state index contributed by atoms with van der Waals surface area (Å²) in [6.07, 6.45) is 1.60. The van der Waals surface area contributed by atoms with Crippen LogP contribution in [0.1, 0.15) is 32.1 Å². The third-order valence-corrected chi connectivity index (χ3v) is 1.48. The van der Waals surface area contributed by atoms with Gasteiger partial charge in [0, 0.05) is 5.56 Å². The molecule has 0 bridgehead atoms. The van der Waals surface area contributed by atoms with Crippen molar-refractivity contribution in [2.75, 3.05) is 0 Å². The molecule has 0 radical (unpaired) electrons. The van der Waals surface area contributed by atoms with Crippen LogP contribution in [-0.2, 0) is 5.41 Å². The van der Waals surface area contributed by atoms with Crippen LogP contribution in [0, 0.1) is 11.3 Å². The summed E-state index contributed by atoms with van der Waals surface area (Å²) in [6.45, 7) is 6.04. The zero-order valence-corrected chi connectivity index (χ0v) is 6.88. The zero-order valence-electron chi connectivity index (χ0n) is 6.88. The summed E-state index contributed by atoms with van der Waals surface area (Å²) in [4.78, 5) is 0. The van der Waals surface area contributed by atoms with Crippen LogP contribution in [0.15, 0.2) is 10.7 Å². The molecule has 11 heavy (non-hydrogen) atoms. The molecule has 1 rings (SSSR count). The minimum atomic E-state index is -0.0644. The van der Waals surface area contributed by atoms with Crippen molar-refractivity contribution in [1.29, 1.82) is 5.26 Å². The topological polar surface area (TPSA) is 49.8 Å². The van der Waals surface area contributed by atoms with Gasteiger partial charge < -0.3 is 4.52 Å². The van der Waals surface area contributed by atoms with Crippen LogP contribution in [0.3, 0.4) is 0 Å². The van der Waals surface area contributed by atoms with Crippen molar-refractivity contribution >= 4 is 0 Å². The number of hydrogen-bond donors (Lipinski definition) is 0. The van der Waals surface area contributed by atoms with E-state index in [0.29, 0.717) is 5.76 Å². The molecule has 0 saturated heterocycles. The van der Waals surface area contributed by atoms with Gasteiger partial charge in [0.15, 0.2) is 0 Å². The molecule has 3 heteroatoms. The lowest BCUT2D eigenvalue weighted by molar-refractivity contribution is 0.406. The van der Waals surface area contributed by atoms with Crippen molar-refractivity contribution in [3.05, 3.63) is 17.5 Å². The van der Waals surface area contributed by atoms with Gasteiger partial charge in [0.05, 0.1) is 6.20 Å². The van der Waals surface area contributed by atoms with Crippen LogP contribution >= 0.6 is 0 Å². The average molecular weight is 150 g/mol. The summed E-state index contributed by atoms with van der Waals surface area (Å²) in [5, 5.41) is 12.1. The Bertz CT molecular complexity index is 288. The second-order valence-electron chi connectivity index (χ2n) is 3.43. The fourth-order valence-corrected chi connectivity index (χ4v) is 0.854.